The highest BCUT2D eigenvalue weighted by Crippen LogP contribution is 2.19. The van der Waals surface area contributed by atoms with E-state index in [1.165, 1.54) is 5.56 Å². The van der Waals surface area contributed by atoms with Gasteiger partial charge in [-0.25, -0.2) is 0 Å². The highest BCUT2D eigenvalue weighted by molar-refractivity contribution is 14.0. The molecule has 1 fully saturated rings. The number of rotatable bonds is 8. The first-order valence-electron chi connectivity index (χ1n) is 9.52. The molecule has 1 heterocycles. The van der Waals surface area contributed by atoms with Gasteiger partial charge in [0.05, 0.1) is 6.61 Å². The highest BCUT2D eigenvalue weighted by Gasteiger charge is 2.23. The van der Waals surface area contributed by atoms with Crippen molar-refractivity contribution in [1.29, 1.82) is 0 Å². The number of hydrogen-bond donors (Lipinski definition) is 2. The first-order valence-corrected chi connectivity index (χ1v) is 9.52. The minimum absolute atomic E-state index is 0. The molecule has 6 nitrogen and oxygen atoms in total. The number of hydrogen-bond acceptors (Lipinski definition) is 3. The van der Waals surface area contributed by atoms with Crippen LogP contribution in [-0.2, 0) is 4.79 Å². The number of piperidine rings is 1. The molecule has 0 spiro atoms. The lowest BCUT2D eigenvalue weighted by atomic mass is 9.95. The number of aryl methyl sites for hydroxylation is 1. The summed E-state index contributed by atoms with van der Waals surface area (Å²) < 4.78 is 5.75. The topological polar surface area (TPSA) is 80.0 Å². The maximum atomic E-state index is 11.2. The Morgan fingerprint density at radius 2 is 2.07 bits per heavy atom. The van der Waals surface area contributed by atoms with Crippen LogP contribution in [0.2, 0.25) is 0 Å². The van der Waals surface area contributed by atoms with Crippen molar-refractivity contribution in [3.63, 3.8) is 0 Å². The molecule has 1 aromatic rings. The van der Waals surface area contributed by atoms with E-state index in [4.69, 9.17) is 10.5 Å². The Balaban J connectivity index is 0.00000364. The number of carbonyl (C=O) groups is 1. The van der Waals surface area contributed by atoms with Gasteiger partial charge in [0.2, 0.25) is 5.91 Å². The molecule has 2 rings (SSSR count). The molecule has 1 saturated heterocycles. The van der Waals surface area contributed by atoms with E-state index in [0.29, 0.717) is 18.9 Å². The molecule has 152 valence electrons. The molecule has 1 aliphatic rings. The summed E-state index contributed by atoms with van der Waals surface area (Å²) in [6.07, 6.45) is 4.60. The van der Waals surface area contributed by atoms with Crippen LogP contribution in [0.4, 0.5) is 0 Å². The largest absolute Gasteiger partial charge is 0.494 e. The van der Waals surface area contributed by atoms with Crippen molar-refractivity contribution < 1.29 is 9.53 Å². The molecule has 0 aromatic heterocycles. The average Bonchev–Trinajstić information content (AvgIpc) is 2.62. The number of nitrogens with two attached hydrogens (primary N) is 1. The van der Waals surface area contributed by atoms with Gasteiger partial charge in [0.25, 0.3) is 0 Å². The summed E-state index contributed by atoms with van der Waals surface area (Å²) in [7, 11) is 1.81. The van der Waals surface area contributed by atoms with Crippen molar-refractivity contribution >= 4 is 35.8 Å². The molecule has 1 amide bonds. The molecule has 1 unspecified atom stereocenters. The van der Waals surface area contributed by atoms with Crippen LogP contribution in [0.25, 0.3) is 0 Å². The van der Waals surface area contributed by atoms with Crippen LogP contribution in [-0.4, -0.2) is 50.1 Å². The predicted molar refractivity (Wildman–Crippen MR) is 121 cm³/mol. The molecule has 27 heavy (non-hydrogen) atoms. The van der Waals surface area contributed by atoms with Crippen molar-refractivity contribution in [3.05, 3.63) is 29.8 Å². The zero-order valence-electron chi connectivity index (χ0n) is 16.4. The lowest BCUT2D eigenvalue weighted by Gasteiger charge is -2.34. The number of nitrogens with zero attached hydrogens (tertiary/aromatic N) is 2. The van der Waals surface area contributed by atoms with E-state index >= 15 is 0 Å². The quantitative estimate of drug-likeness (QED) is 0.255. The highest BCUT2D eigenvalue weighted by atomic mass is 127. The van der Waals surface area contributed by atoms with E-state index < -0.39 is 0 Å². The Morgan fingerprint density at radius 3 is 2.74 bits per heavy atom. The summed E-state index contributed by atoms with van der Waals surface area (Å²) in [4.78, 5) is 17.8. The van der Waals surface area contributed by atoms with Crippen LogP contribution < -0.4 is 15.8 Å². The van der Waals surface area contributed by atoms with Gasteiger partial charge in [0.15, 0.2) is 5.96 Å². The SMILES string of the molecule is CN=C(NCCCCOc1ccc(C)cc1)N1CCCC(CC(N)=O)C1.I. The van der Waals surface area contributed by atoms with Gasteiger partial charge in [-0.2, -0.15) is 0 Å². The molecule has 1 aliphatic heterocycles. The van der Waals surface area contributed by atoms with E-state index in [-0.39, 0.29) is 29.9 Å². The van der Waals surface area contributed by atoms with Crippen molar-refractivity contribution in [3.8, 4) is 5.75 Å². The Hall–Kier alpha value is -1.51. The maximum Gasteiger partial charge on any atom is 0.217 e. The number of unbranched alkanes of at least 4 members (excludes halogenated alkanes) is 1. The van der Waals surface area contributed by atoms with Gasteiger partial charge in [0.1, 0.15) is 5.75 Å². The van der Waals surface area contributed by atoms with Crippen LogP contribution in [0, 0.1) is 12.8 Å². The molecule has 0 radical (unpaired) electrons. The van der Waals surface area contributed by atoms with Gasteiger partial charge in [-0.3, -0.25) is 9.79 Å². The minimum Gasteiger partial charge on any atom is -0.494 e. The monoisotopic (exact) mass is 488 g/mol. The van der Waals surface area contributed by atoms with Gasteiger partial charge in [-0.15, -0.1) is 24.0 Å². The molecule has 0 aliphatic carbocycles. The molecule has 7 heteroatoms. The zero-order chi connectivity index (χ0) is 18.8. The fourth-order valence-corrected chi connectivity index (χ4v) is 3.29. The number of likely N-dealkylation sites (tertiary alicyclic amines) is 1. The van der Waals surface area contributed by atoms with E-state index in [9.17, 15) is 4.79 Å². The lowest BCUT2D eigenvalue weighted by molar-refractivity contribution is -0.119. The third kappa shape index (κ3) is 8.81. The molecule has 1 aromatic carbocycles. The number of amides is 1. The van der Waals surface area contributed by atoms with Crippen molar-refractivity contribution in [1.82, 2.24) is 10.2 Å². The van der Waals surface area contributed by atoms with Crippen LogP contribution in [0.15, 0.2) is 29.3 Å². The number of primary amides is 1. The molecular formula is C20H33IN4O2. The van der Waals surface area contributed by atoms with Crippen LogP contribution >= 0.6 is 24.0 Å². The van der Waals surface area contributed by atoms with E-state index in [1.807, 2.05) is 12.1 Å². The van der Waals surface area contributed by atoms with Crippen molar-refractivity contribution in [2.45, 2.75) is 39.0 Å². The summed E-state index contributed by atoms with van der Waals surface area (Å²) in [5, 5.41) is 3.42. The Kier molecular flexibility index (Phi) is 11.2. The molecule has 0 bridgehead atoms. The van der Waals surface area contributed by atoms with Crippen LogP contribution in [0.1, 0.15) is 37.7 Å². The van der Waals surface area contributed by atoms with Crippen LogP contribution in [0.5, 0.6) is 5.75 Å². The van der Waals surface area contributed by atoms with Crippen molar-refractivity contribution in [2.24, 2.45) is 16.6 Å². The fourth-order valence-electron chi connectivity index (χ4n) is 3.29. The number of guanidine groups is 1. The number of aliphatic imine (C=N–C) groups is 1. The normalized spacial score (nSPS) is 17.2. The summed E-state index contributed by atoms with van der Waals surface area (Å²) in [6, 6.07) is 8.14. The number of nitrogens with one attached hydrogen (secondary N) is 1. The third-order valence-electron chi connectivity index (χ3n) is 4.66. The standard InChI is InChI=1S/C20H32N4O2.HI/c1-16-7-9-18(10-8-16)26-13-4-3-11-23-20(22-2)24-12-5-6-17(15-24)14-19(21)25;/h7-10,17H,3-6,11-15H2,1-2H3,(H2,21,25)(H,22,23);1H. The number of ether oxygens (including phenoxy) is 1. The third-order valence-corrected chi connectivity index (χ3v) is 4.66. The summed E-state index contributed by atoms with van der Waals surface area (Å²) in [5.41, 5.74) is 6.58. The zero-order valence-corrected chi connectivity index (χ0v) is 18.8. The van der Waals surface area contributed by atoms with Gasteiger partial charge in [0, 0.05) is 33.1 Å². The Labute approximate surface area is 179 Å². The first kappa shape index (κ1) is 23.5. The van der Waals surface area contributed by atoms with Gasteiger partial charge < -0.3 is 20.7 Å². The van der Waals surface area contributed by atoms with Gasteiger partial charge in [-0.05, 0) is 50.7 Å². The molecule has 0 saturated carbocycles. The number of benzene rings is 1. The summed E-state index contributed by atoms with van der Waals surface area (Å²) in [6.45, 7) is 5.47. The smallest absolute Gasteiger partial charge is 0.217 e. The molecule has 1 atom stereocenters. The second kappa shape index (κ2) is 12.8. The van der Waals surface area contributed by atoms with Gasteiger partial charge in [-0.1, -0.05) is 17.7 Å². The van der Waals surface area contributed by atoms with Crippen LogP contribution in [0.3, 0.4) is 0 Å². The van der Waals surface area contributed by atoms with Gasteiger partial charge >= 0.3 is 0 Å². The molecular weight excluding hydrogens is 455 g/mol. The first-order chi connectivity index (χ1) is 12.6. The average molecular weight is 488 g/mol. The predicted octanol–water partition coefficient (Wildman–Crippen LogP) is 2.93. The van der Waals surface area contributed by atoms with E-state index in [2.05, 4.69) is 34.3 Å². The second-order valence-electron chi connectivity index (χ2n) is 6.97. The Morgan fingerprint density at radius 1 is 1.33 bits per heavy atom. The lowest BCUT2D eigenvalue weighted by Crippen LogP contribution is -2.47. The fraction of sp³-hybridized carbons (Fsp3) is 0.600. The second-order valence-corrected chi connectivity index (χ2v) is 6.97. The van der Waals surface area contributed by atoms with Crippen molar-refractivity contribution in [2.75, 3.05) is 33.3 Å². The molecule has 3 N–H and O–H groups in total. The number of carbonyl (C=O) groups excluding carboxylic acids is 1. The van der Waals surface area contributed by atoms with E-state index in [0.717, 1.165) is 57.0 Å². The minimum atomic E-state index is -0.214. The summed E-state index contributed by atoms with van der Waals surface area (Å²) in [5.74, 6) is 1.96. The number of halogens is 1. The maximum absolute atomic E-state index is 11.2. The summed E-state index contributed by atoms with van der Waals surface area (Å²) >= 11 is 0. The Bertz CT molecular complexity index is 592. The van der Waals surface area contributed by atoms with E-state index in [1.54, 1.807) is 7.05 Å².